The van der Waals surface area contributed by atoms with Crippen LogP contribution in [0.4, 0.5) is 0 Å². The Hall–Kier alpha value is -8.48. The summed E-state index contributed by atoms with van der Waals surface area (Å²) < 4.78 is 5.04. The average molecular weight is 993 g/mol. The number of nitrogens with one attached hydrogen (secondary N) is 3. The molecule has 0 aliphatic carbocycles. The first-order valence-electron chi connectivity index (χ1n) is 25.0. The zero-order valence-corrected chi connectivity index (χ0v) is 41.4. The minimum atomic E-state index is -0.620. The van der Waals surface area contributed by atoms with Crippen LogP contribution < -0.4 is 20.7 Å². The maximum Gasteiger partial charge on any atom is 0.244 e. The minimum Gasteiger partial charge on any atom is -0.354 e. The topological polar surface area (TPSA) is 204 Å². The summed E-state index contributed by atoms with van der Waals surface area (Å²) in [4.78, 5) is 54.4. The lowest BCUT2D eigenvalue weighted by atomic mass is 10.1. The maximum absolute atomic E-state index is 13.6. The molecular formula is C57H62N13O4+. The van der Waals surface area contributed by atoms with Gasteiger partial charge in [-0.25, -0.2) is 9.97 Å². The molecule has 7 aromatic rings. The molecule has 17 heteroatoms. The van der Waals surface area contributed by atoms with Crippen LogP contribution in [0.3, 0.4) is 0 Å². The molecule has 2 atom stereocenters. The summed E-state index contributed by atoms with van der Waals surface area (Å²) in [7, 11) is 0. The van der Waals surface area contributed by atoms with Gasteiger partial charge in [0, 0.05) is 132 Å². The van der Waals surface area contributed by atoms with Crippen molar-refractivity contribution >= 4 is 17.7 Å². The largest absolute Gasteiger partial charge is 0.354 e. The molecule has 0 bridgehead atoms. The van der Waals surface area contributed by atoms with Gasteiger partial charge in [0.2, 0.25) is 30.1 Å². The fourth-order valence-electron chi connectivity index (χ4n) is 9.19. The van der Waals surface area contributed by atoms with Crippen molar-refractivity contribution in [1.82, 2.24) is 49.8 Å². The molecule has 378 valence electrons. The normalized spacial score (nSPS) is 15.7. The smallest absolute Gasteiger partial charge is 0.244 e. The van der Waals surface area contributed by atoms with Crippen LogP contribution in [-0.4, -0.2) is 121 Å². The molecule has 0 unspecified atom stereocenters. The highest BCUT2D eigenvalue weighted by atomic mass is 16.5. The standard InChI is InChI=1S/C32H33N7O3.C25H28N6O/c33-19-26-6-8-28(9-7-26)22-37-24-34-20-29(37)10-13-35-32(41)30-23-36(21-27-4-2-1-3-5-27)16-17-39(30)31(40)18-25-11-14-38(42)15-12-25;26-14-20-6-8-22(9-7-20)17-31-19-27-15-23(31)10-11-29-25(32)24-18-30(13-12-28-24)16-21-4-2-1-3-5-21/h1-9,11-12,14-15,20,24,30H,10,13,16-18,21-23H2,(H-,35,41,42);1-9,15,19,24,28H,10-13,16-18H2,(H,29,32)/p+1/t30-;24-/m11/s1. The molecule has 2 saturated heterocycles. The number of carbonyl (C=O) groups excluding carboxylic acids is 3. The molecule has 2 aliphatic heterocycles. The molecule has 0 radical (unpaired) electrons. The molecule has 0 spiro atoms. The zero-order valence-electron chi connectivity index (χ0n) is 41.4. The van der Waals surface area contributed by atoms with E-state index in [9.17, 15) is 19.6 Å². The van der Waals surface area contributed by atoms with Crippen LogP contribution in [0.5, 0.6) is 0 Å². The van der Waals surface area contributed by atoms with Crippen molar-refractivity contribution in [3.63, 3.8) is 0 Å². The predicted octanol–water partition coefficient (Wildman–Crippen LogP) is 3.88. The van der Waals surface area contributed by atoms with Crippen molar-refractivity contribution < 1.29 is 24.3 Å². The van der Waals surface area contributed by atoms with E-state index >= 15 is 0 Å². The van der Waals surface area contributed by atoms with Gasteiger partial charge in [-0.05, 0) is 52.1 Å². The lowest BCUT2D eigenvalue weighted by Crippen LogP contribution is -2.60. The number of hydrogen-bond acceptors (Lipinski definition) is 11. The van der Waals surface area contributed by atoms with E-state index in [1.165, 1.54) is 18.0 Å². The molecule has 0 saturated carbocycles. The number of piperazine rings is 2. The van der Waals surface area contributed by atoms with Crippen molar-refractivity contribution in [2.24, 2.45) is 0 Å². The molecule has 3 aromatic heterocycles. The fourth-order valence-corrected chi connectivity index (χ4v) is 9.19. The Morgan fingerprint density at radius 2 is 1.11 bits per heavy atom. The third-order valence-electron chi connectivity index (χ3n) is 13.2. The fraction of sp³-hybridized carbons (Fsp3) is 0.298. The second-order valence-electron chi connectivity index (χ2n) is 18.5. The number of amides is 3. The Bertz CT molecular complexity index is 2980. The second kappa shape index (κ2) is 26.3. The number of nitrogens with zero attached hydrogens (tertiary/aromatic N) is 10. The summed E-state index contributed by atoms with van der Waals surface area (Å²) in [5.74, 6) is -0.257. The first-order chi connectivity index (χ1) is 36.2. The monoisotopic (exact) mass is 993 g/mol. The summed E-state index contributed by atoms with van der Waals surface area (Å²) in [6, 6.07) is 42.3. The van der Waals surface area contributed by atoms with Gasteiger partial charge in [-0.15, -0.1) is 0 Å². The molecule has 3 amide bonds. The lowest BCUT2D eigenvalue weighted by molar-refractivity contribution is -0.904. The van der Waals surface area contributed by atoms with Gasteiger partial charge >= 0.3 is 0 Å². The first kappa shape index (κ1) is 51.9. The number of aromatic nitrogens is 5. The van der Waals surface area contributed by atoms with Crippen molar-refractivity contribution in [1.29, 1.82) is 10.5 Å². The molecular weight excluding hydrogens is 931 g/mol. The summed E-state index contributed by atoms with van der Waals surface area (Å²) in [5.41, 5.74) is 8.68. The van der Waals surface area contributed by atoms with Gasteiger partial charge in [-0.3, -0.25) is 29.4 Å². The van der Waals surface area contributed by atoms with Crippen LogP contribution in [0.2, 0.25) is 0 Å². The van der Waals surface area contributed by atoms with Crippen LogP contribution in [0.15, 0.2) is 159 Å². The number of carbonyl (C=O) groups is 3. The van der Waals surface area contributed by atoms with E-state index < -0.39 is 6.04 Å². The summed E-state index contributed by atoms with van der Waals surface area (Å²) >= 11 is 0. The minimum absolute atomic E-state index is 0.0425. The number of imidazole rings is 2. The molecule has 74 heavy (non-hydrogen) atoms. The summed E-state index contributed by atoms with van der Waals surface area (Å²) in [6.07, 6.45) is 11.6. The van der Waals surface area contributed by atoms with Crippen LogP contribution in [-0.2, 0) is 59.8 Å². The van der Waals surface area contributed by atoms with Gasteiger partial charge < -0.3 is 30.0 Å². The van der Waals surface area contributed by atoms with Crippen LogP contribution in [0.1, 0.15) is 50.3 Å². The molecule has 17 nitrogen and oxygen atoms in total. The Balaban J connectivity index is 0.000000204. The van der Waals surface area contributed by atoms with E-state index in [-0.39, 0.29) is 30.2 Å². The number of pyridine rings is 1. The quantitative estimate of drug-likeness (QED) is 0.0718. The third kappa shape index (κ3) is 15.0. The number of benzene rings is 4. The number of nitriles is 2. The van der Waals surface area contributed by atoms with Crippen molar-refractivity contribution in [3.05, 3.63) is 209 Å². The molecule has 5 heterocycles. The highest BCUT2D eigenvalue weighted by Gasteiger charge is 2.35. The summed E-state index contributed by atoms with van der Waals surface area (Å²) in [6.45, 7) is 7.85. The van der Waals surface area contributed by atoms with Crippen molar-refractivity contribution in [3.8, 4) is 12.1 Å². The van der Waals surface area contributed by atoms with Crippen LogP contribution in [0.25, 0.3) is 0 Å². The van der Waals surface area contributed by atoms with Crippen LogP contribution >= 0.6 is 0 Å². The average Bonchev–Trinajstić information content (AvgIpc) is 4.08. The van der Waals surface area contributed by atoms with E-state index in [2.05, 4.69) is 76.7 Å². The van der Waals surface area contributed by atoms with Gasteiger partial charge in [0.25, 0.3) is 0 Å². The second-order valence-corrected chi connectivity index (χ2v) is 18.5. The van der Waals surface area contributed by atoms with E-state index in [1.807, 2.05) is 83.6 Å². The molecule has 4 N–H and O–H groups in total. The first-order valence-corrected chi connectivity index (χ1v) is 25.0. The number of hydrogen-bond donors (Lipinski definition) is 4. The van der Waals surface area contributed by atoms with Gasteiger partial charge in [0.05, 0.1) is 48.4 Å². The summed E-state index contributed by atoms with van der Waals surface area (Å²) in [5, 5.41) is 37.0. The van der Waals surface area contributed by atoms with Gasteiger partial charge in [-0.1, -0.05) is 84.9 Å². The highest BCUT2D eigenvalue weighted by molar-refractivity contribution is 5.89. The van der Waals surface area contributed by atoms with Crippen molar-refractivity contribution in [2.75, 3.05) is 52.4 Å². The zero-order chi connectivity index (χ0) is 51.5. The van der Waals surface area contributed by atoms with E-state index in [4.69, 9.17) is 10.5 Å². The van der Waals surface area contributed by atoms with Gasteiger partial charge in [-0.2, -0.15) is 10.5 Å². The molecule has 2 fully saturated rings. The lowest BCUT2D eigenvalue weighted by Gasteiger charge is -2.40. The Kier molecular flexibility index (Phi) is 18.4. The van der Waals surface area contributed by atoms with E-state index in [1.54, 1.807) is 48.0 Å². The highest BCUT2D eigenvalue weighted by Crippen LogP contribution is 2.17. The van der Waals surface area contributed by atoms with E-state index in [0.29, 0.717) is 82.9 Å². The number of rotatable bonds is 18. The van der Waals surface area contributed by atoms with E-state index in [0.717, 1.165) is 58.0 Å². The third-order valence-corrected chi connectivity index (χ3v) is 13.2. The van der Waals surface area contributed by atoms with Crippen molar-refractivity contribution in [2.45, 2.75) is 57.5 Å². The molecule has 9 rings (SSSR count). The van der Waals surface area contributed by atoms with Gasteiger partial charge in [0.15, 0.2) is 0 Å². The molecule has 4 aromatic carbocycles. The Morgan fingerprint density at radius 3 is 1.64 bits per heavy atom. The van der Waals surface area contributed by atoms with Gasteiger partial charge in [0.1, 0.15) is 6.04 Å². The maximum atomic E-state index is 13.6. The predicted molar refractivity (Wildman–Crippen MR) is 277 cm³/mol. The Labute approximate surface area is 431 Å². The Morgan fingerprint density at radius 1 is 0.608 bits per heavy atom. The van der Waals surface area contributed by atoms with Crippen LogP contribution in [0, 0.1) is 22.7 Å². The SMILES string of the molecule is N#Cc1ccc(Cn2cncc2CCNC(=O)[C@H]2CN(Cc3ccccc3)CCN2)cc1.N#Cc1ccc(Cn2cncc2CCNC(=O)[C@H]2CN(Cc3ccccc3)CCN2C(=O)Cc2cc[n+](O)cc2)cc1. The molecule has 2 aliphatic rings.